The zero-order valence-electron chi connectivity index (χ0n) is 16.2. The summed E-state index contributed by atoms with van der Waals surface area (Å²) >= 11 is 0.945. The average molecular weight is 436 g/mol. The Bertz CT molecular complexity index is 616. The van der Waals surface area contributed by atoms with Gasteiger partial charge in [-0.2, -0.15) is 11.8 Å². The predicted octanol–water partition coefficient (Wildman–Crippen LogP) is -1.97. The van der Waals surface area contributed by atoms with Gasteiger partial charge in [0.15, 0.2) is 0 Å². The molecule has 0 aromatic rings. The first-order valence-corrected chi connectivity index (χ1v) is 9.89. The molecule has 0 radical (unpaired) electrons. The maximum atomic E-state index is 12.0. The fourth-order valence-electron chi connectivity index (χ4n) is 1.93. The van der Waals surface area contributed by atoms with E-state index in [9.17, 15) is 29.1 Å². The van der Waals surface area contributed by atoms with E-state index in [-0.39, 0.29) is 30.3 Å². The molecule has 0 saturated heterocycles. The Morgan fingerprint density at radius 1 is 0.862 bits per heavy atom. The molecule has 0 unspecified atom stereocenters. The average Bonchev–Trinajstić information content (AvgIpc) is 2.62. The van der Waals surface area contributed by atoms with Crippen molar-refractivity contribution in [3.8, 4) is 0 Å². The number of aliphatic carboxylic acids is 3. The molecule has 166 valence electrons. The van der Waals surface area contributed by atoms with Crippen LogP contribution in [-0.2, 0) is 24.0 Å². The van der Waals surface area contributed by atoms with E-state index in [0.29, 0.717) is 0 Å². The minimum absolute atomic E-state index is 0.0434. The van der Waals surface area contributed by atoms with Crippen molar-refractivity contribution in [2.75, 3.05) is 11.5 Å². The number of carbonyl (C=O) groups excluding carboxylic acids is 2. The number of rotatable bonds is 14. The Labute approximate surface area is 171 Å². The van der Waals surface area contributed by atoms with Crippen molar-refractivity contribution in [1.29, 1.82) is 0 Å². The van der Waals surface area contributed by atoms with E-state index in [2.05, 4.69) is 10.6 Å². The lowest BCUT2D eigenvalue weighted by atomic mass is 10.0. The van der Waals surface area contributed by atoms with Gasteiger partial charge in [0.2, 0.25) is 11.8 Å². The Morgan fingerprint density at radius 2 is 1.41 bits per heavy atom. The molecule has 0 aliphatic heterocycles. The Balaban J connectivity index is 4.64. The molecular weight excluding hydrogens is 408 g/mol. The Kier molecular flexibility index (Phi) is 11.9. The Hall–Kier alpha value is -2.38. The van der Waals surface area contributed by atoms with Gasteiger partial charge in [-0.3, -0.25) is 14.4 Å². The molecule has 2 amide bonds. The molecule has 12 nitrogen and oxygen atoms in total. The van der Waals surface area contributed by atoms with Crippen molar-refractivity contribution < 1.29 is 39.3 Å². The van der Waals surface area contributed by atoms with Crippen LogP contribution in [0.2, 0.25) is 0 Å². The number of hydrogen-bond acceptors (Lipinski definition) is 8. The lowest BCUT2D eigenvalue weighted by molar-refractivity contribution is -0.143. The van der Waals surface area contributed by atoms with Gasteiger partial charge in [-0.25, -0.2) is 9.59 Å². The summed E-state index contributed by atoms with van der Waals surface area (Å²) in [6.45, 7) is 3.39. The molecule has 0 aliphatic carbocycles. The van der Waals surface area contributed by atoms with Crippen molar-refractivity contribution in [2.24, 2.45) is 17.4 Å². The fourth-order valence-corrected chi connectivity index (χ4v) is 2.92. The van der Waals surface area contributed by atoms with Crippen LogP contribution in [-0.4, -0.2) is 80.7 Å². The standard InChI is InChI=1S/C16H28N4O8S/c1-7(2)12(18)13(22)20-9(15(25)26)3-4-11(21)19-10(16(27)28)6-29-5-8(17)14(23)24/h7-10,12H,3-6,17-18H2,1-2H3,(H,19,21)(H,20,22)(H,23,24)(H,25,26)(H,27,28)/t8-,9+,10+,12+/m0/s1. The fraction of sp³-hybridized carbons (Fsp3) is 0.688. The quantitative estimate of drug-likeness (QED) is 0.158. The third kappa shape index (κ3) is 10.7. The second-order valence-electron chi connectivity index (χ2n) is 6.65. The molecule has 0 aromatic carbocycles. The summed E-state index contributed by atoms with van der Waals surface area (Å²) in [6, 6.07) is -4.73. The van der Waals surface area contributed by atoms with Crippen LogP contribution >= 0.6 is 11.8 Å². The number of amides is 2. The lowest BCUT2D eigenvalue weighted by Crippen LogP contribution is -2.50. The van der Waals surface area contributed by atoms with E-state index in [1.54, 1.807) is 13.8 Å². The van der Waals surface area contributed by atoms with Crippen LogP contribution in [0.3, 0.4) is 0 Å². The first kappa shape index (κ1) is 26.6. The summed E-state index contributed by atoms with van der Waals surface area (Å²) < 4.78 is 0. The number of thioether (sulfide) groups is 1. The van der Waals surface area contributed by atoms with Gasteiger partial charge in [0.1, 0.15) is 18.1 Å². The van der Waals surface area contributed by atoms with Crippen LogP contribution in [0.4, 0.5) is 0 Å². The number of nitrogens with two attached hydrogens (primary N) is 2. The molecule has 0 fully saturated rings. The molecule has 9 N–H and O–H groups in total. The van der Waals surface area contributed by atoms with E-state index in [1.807, 2.05) is 0 Å². The predicted molar refractivity (Wildman–Crippen MR) is 104 cm³/mol. The van der Waals surface area contributed by atoms with Gasteiger partial charge in [-0.1, -0.05) is 13.8 Å². The minimum Gasteiger partial charge on any atom is -0.480 e. The zero-order valence-corrected chi connectivity index (χ0v) is 17.0. The molecule has 13 heteroatoms. The molecular formula is C16H28N4O8S. The van der Waals surface area contributed by atoms with Crippen LogP contribution in [0, 0.1) is 5.92 Å². The van der Waals surface area contributed by atoms with Gasteiger partial charge in [0, 0.05) is 17.9 Å². The number of nitrogens with one attached hydrogen (secondary N) is 2. The van der Waals surface area contributed by atoms with Gasteiger partial charge >= 0.3 is 17.9 Å². The number of carboxylic acids is 3. The zero-order chi connectivity index (χ0) is 22.7. The SMILES string of the molecule is CC(C)[C@@H](N)C(=O)N[C@H](CCC(=O)N[C@H](CSC[C@H](N)C(=O)O)C(=O)O)C(=O)O. The normalized spacial score (nSPS) is 15.1. The largest absolute Gasteiger partial charge is 0.480 e. The highest BCUT2D eigenvalue weighted by Crippen LogP contribution is 2.07. The minimum atomic E-state index is -1.36. The van der Waals surface area contributed by atoms with Crippen LogP contribution in [0.5, 0.6) is 0 Å². The van der Waals surface area contributed by atoms with Crippen LogP contribution in [0.25, 0.3) is 0 Å². The molecule has 0 aromatic heterocycles. The van der Waals surface area contributed by atoms with Crippen molar-refractivity contribution in [2.45, 2.75) is 50.9 Å². The lowest BCUT2D eigenvalue weighted by Gasteiger charge is -2.20. The highest BCUT2D eigenvalue weighted by atomic mass is 32.2. The maximum absolute atomic E-state index is 12.0. The summed E-state index contributed by atoms with van der Waals surface area (Å²) in [4.78, 5) is 57.0. The van der Waals surface area contributed by atoms with Crippen molar-refractivity contribution in [1.82, 2.24) is 10.6 Å². The summed E-state index contributed by atoms with van der Waals surface area (Å²) in [5.74, 6) is -5.68. The molecule has 0 saturated carbocycles. The number of carbonyl (C=O) groups is 5. The van der Waals surface area contributed by atoms with Gasteiger partial charge in [0.05, 0.1) is 6.04 Å². The van der Waals surface area contributed by atoms with Gasteiger partial charge < -0.3 is 37.4 Å². The first-order chi connectivity index (χ1) is 13.4. The summed E-state index contributed by atoms with van der Waals surface area (Å²) in [6.07, 6.45) is -0.613. The summed E-state index contributed by atoms with van der Waals surface area (Å²) in [5, 5.41) is 31.5. The molecule has 29 heavy (non-hydrogen) atoms. The molecule has 0 spiro atoms. The molecule has 4 atom stereocenters. The van der Waals surface area contributed by atoms with Crippen molar-refractivity contribution in [3.63, 3.8) is 0 Å². The molecule has 0 bridgehead atoms. The van der Waals surface area contributed by atoms with Crippen LogP contribution in [0.15, 0.2) is 0 Å². The highest BCUT2D eigenvalue weighted by molar-refractivity contribution is 7.99. The van der Waals surface area contributed by atoms with E-state index in [0.717, 1.165) is 11.8 Å². The maximum Gasteiger partial charge on any atom is 0.327 e. The highest BCUT2D eigenvalue weighted by Gasteiger charge is 2.26. The van der Waals surface area contributed by atoms with Gasteiger partial charge in [-0.15, -0.1) is 0 Å². The van der Waals surface area contributed by atoms with Crippen LogP contribution < -0.4 is 22.1 Å². The second-order valence-corrected chi connectivity index (χ2v) is 7.72. The van der Waals surface area contributed by atoms with Crippen LogP contribution in [0.1, 0.15) is 26.7 Å². The third-order valence-electron chi connectivity index (χ3n) is 3.83. The van der Waals surface area contributed by atoms with Gasteiger partial charge in [0.25, 0.3) is 0 Å². The van der Waals surface area contributed by atoms with Gasteiger partial charge in [-0.05, 0) is 12.3 Å². The molecule has 0 rings (SSSR count). The van der Waals surface area contributed by atoms with E-state index < -0.39 is 53.9 Å². The first-order valence-electron chi connectivity index (χ1n) is 8.73. The Morgan fingerprint density at radius 3 is 1.86 bits per heavy atom. The van der Waals surface area contributed by atoms with Crippen molar-refractivity contribution >= 4 is 41.5 Å². The van der Waals surface area contributed by atoms with E-state index in [1.165, 1.54) is 0 Å². The molecule has 0 heterocycles. The molecule has 0 aliphatic rings. The topological polar surface area (TPSA) is 222 Å². The number of carboxylic acid groups (broad SMARTS) is 3. The van der Waals surface area contributed by atoms with Crippen molar-refractivity contribution in [3.05, 3.63) is 0 Å². The number of hydrogen-bond donors (Lipinski definition) is 7. The summed E-state index contributed by atoms with van der Waals surface area (Å²) in [5.41, 5.74) is 11.0. The third-order valence-corrected chi connectivity index (χ3v) is 4.99. The summed E-state index contributed by atoms with van der Waals surface area (Å²) in [7, 11) is 0. The second kappa shape index (κ2) is 13.0. The van der Waals surface area contributed by atoms with E-state index >= 15 is 0 Å². The smallest absolute Gasteiger partial charge is 0.327 e. The monoisotopic (exact) mass is 436 g/mol. The van der Waals surface area contributed by atoms with E-state index in [4.69, 9.17) is 21.7 Å².